The monoisotopic (exact) mass is 439 g/mol. The highest BCUT2D eigenvalue weighted by Crippen LogP contribution is 2.32. The fourth-order valence-electron chi connectivity index (χ4n) is 4.88. The van der Waals surface area contributed by atoms with Crippen molar-refractivity contribution in [2.45, 2.75) is 31.8 Å². The second-order valence-electron chi connectivity index (χ2n) is 8.55. The van der Waals surface area contributed by atoms with Crippen LogP contribution in [0.5, 0.6) is 0 Å². The van der Waals surface area contributed by atoms with Crippen LogP contribution < -0.4 is 5.73 Å². The third-order valence-electron chi connectivity index (χ3n) is 6.29. The highest BCUT2D eigenvalue weighted by atomic mass is 32.2. The van der Waals surface area contributed by atoms with Crippen LogP contribution in [0.3, 0.4) is 0 Å². The summed E-state index contributed by atoms with van der Waals surface area (Å²) >= 11 is 0.784. The molecule has 0 radical (unpaired) electrons. The standard InChI is InChI=1S/C23H29N5O2S/c1-15-20(16(2)26-23(25-15)31-22(24)30)21(29)28-13-18-11-27(12-19(18)14-28)10-6-9-17-7-4-3-5-8-17/h3-5,7-8,18-19H,6,9-14H2,1-2H3,(H2,24,30)/t18-,19?/m0/s1. The van der Waals surface area contributed by atoms with Gasteiger partial charge < -0.3 is 15.5 Å². The minimum absolute atomic E-state index is 0.00403. The summed E-state index contributed by atoms with van der Waals surface area (Å²) in [4.78, 5) is 37.4. The first-order chi connectivity index (χ1) is 14.9. The van der Waals surface area contributed by atoms with Crippen LogP contribution >= 0.6 is 11.8 Å². The van der Waals surface area contributed by atoms with Crippen LogP contribution in [-0.4, -0.2) is 63.6 Å². The van der Waals surface area contributed by atoms with Gasteiger partial charge in [-0.25, -0.2) is 9.97 Å². The van der Waals surface area contributed by atoms with E-state index in [0.717, 1.165) is 57.3 Å². The molecule has 3 heterocycles. The number of rotatable bonds is 6. The van der Waals surface area contributed by atoms with E-state index in [1.165, 1.54) is 5.56 Å². The number of benzene rings is 1. The van der Waals surface area contributed by atoms with Gasteiger partial charge in [0.15, 0.2) is 5.16 Å². The number of hydrogen-bond donors (Lipinski definition) is 1. The van der Waals surface area contributed by atoms with E-state index in [4.69, 9.17) is 5.73 Å². The molecule has 2 fully saturated rings. The van der Waals surface area contributed by atoms with Crippen molar-refractivity contribution in [3.05, 3.63) is 52.8 Å². The molecule has 2 aromatic rings. The molecule has 2 atom stereocenters. The summed E-state index contributed by atoms with van der Waals surface area (Å²) in [5.41, 5.74) is 8.35. The SMILES string of the molecule is Cc1nc(SC(N)=O)nc(C)c1C(=O)N1CC2CN(CCCc3ccccc3)C[C@H]2C1. The first-order valence-electron chi connectivity index (χ1n) is 10.8. The molecule has 4 rings (SSSR count). The van der Waals surface area contributed by atoms with Gasteiger partial charge in [-0.15, -0.1) is 0 Å². The molecule has 31 heavy (non-hydrogen) atoms. The molecule has 0 saturated carbocycles. The Morgan fingerprint density at radius 2 is 1.65 bits per heavy atom. The highest BCUT2D eigenvalue weighted by Gasteiger charge is 2.42. The van der Waals surface area contributed by atoms with Crippen molar-refractivity contribution in [1.29, 1.82) is 0 Å². The average molecular weight is 440 g/mol. The molecule has 2 amide bonds. The fourth-order valence-corrected chi connectivity index (χ4v) is 5.42. The second kappa shape index (κ2) is 9.36. The highest BCUT2D eigenvalue weighted by molar-refractivity contribution is 8.13. The van der Waals surface area contributed by atoms with Gasteiger partial charge in [-0.05, 0) is 50.6 Å². The number of fused-ring (bicyclic) bond motifs is 1. The van der Waals surface area contributed by atoms with E-state index in [0.29, 0.717) is 33.9 Å². The Kier molecular flexibility index (Phi) is 6.57. The number of amides is 2. The Morgan fingerprint density at radius 3 is 2.23 bits per heavy atom. The molecule has 1 aromatic heterocycles. The third-order valence-corrected chi connectivity index (χ3v) is 6.85. The number of carbonyl (C=O) groups is 2. The molecule has 0 spiro atoms. The van der Waals surface area contributed by atoms with Crippen molar-refractivity contribution in [2.24, 2.45) is 17.6 Å². The third kappa shape index (κ3) is 5.07. The maximum Gasteiger partial charge on any atom is 0.284 e. The van der Waals surface area contributed by atoms with Crippen molar-refractivity contribution in [2.75, 3.05) is 32.7 Å². The lowest BCUT2D eigenvalue weighted by molar-refractivity contribution is 0.0771. The zero-order chi connectivity index (χ0) is 22.0. The van der Waals surface area contributed by atoms with Crippen molar-refractivity contribution in [3.8, 4) is 0 Å². The number of aromatic nitrogens is 2. The lowest BCUT2D eigenvalue weighted by Gasteiger charge is -2.22. The van der Waals surface area contributed by atoms with Gasteiger partial charge >= 0.3 is 0 Å². The summed E-state index contributed by atoms with van der Waals surface area (Å²) in [6, 6.07) is 10.6. The molecule has 2 N–H and O–H groups in total. The van der Waals surface area contributed by atoms with Crippen LogP contribution in [0.25, 0.3) is 0 Å². The minimum atomic E-state index is -0.557. The van der Waals surface area contributed by atoms with E-state index in [-0.39, 0.29) is 5.91 Å². The van der Waals surface area contributed by atoms with Crippen LogP contribution in [0.4, 0.5) is 4.79 Å². The van der Waals surface area contributed by atoms with Crippen LogP contribution in [0.15, 0.2) is 35.5 Å². The van der Waals surface area contributed by atoms with Gasteiger partial charge in [-0.2, -0.15) is 0 Å². The van der Waals surface area contributed by atoms with Gasteiger partial charge in [-0.3, -0.25) is 9.59 Å². The number of nitrogens with two attached hydrogens (primary N) is 1. The first-order valence-corrected chi connectivity index (χ1v) is 11.6. The van der Waals surface area contributed by atoms with Crippen LogP contribution in [0.2, 0.25) is 0 Å². The lowest BCUT2D eigenvalue weighted by atomic mass is 10.0. The van der Waals surface area contributed by atoms with Gasteiger partial charge in [0.2, 0.25) is 0 Å². The van der Waals surface area contributed by atoms with Crippen LogP contribution in [0, 0.1) is 25.7 Å². The molecular formula is C23H29N5O2S. The molecule has 164 valence electrons. The van der Waals surface area contributed by atoms with Crippen molar-refractivity contribution >= 4 is 22.9 Å². The van der Waals surface area contributed by atoms with Crippen molar-refractivity contribution in [3.63, 3.8) is 0 Å². The van der Waals surface area contributed by atoms with Crippen molar-refractivity contribution < 1.29 is 9.59 Å². The summed E-state index contributed by atoms with van der Waals surface area (Å²) in [5.74, 6) is 1.06. The van der Waals surface area contributed by atoms with Gasteiger partial charge in [0, 0.05) is 37.9 Å². The molecule has 0 aliphatic carbocycles. The summed E-state index contributed by atoms with van der Waals surface area (Å²) in [7, 11) is 0. The predicted molar refractivity (Wildman–Crippen MR) is 121 cm³/mol. The molecule has 7 nitrogen and oxygen atoms in total. The maximum absolute atomic E-state index is 13.2. The molecule has 1 unspecified atom stereocenters. The maximum atomic E-state index is 13.2. The molecule has 2 aliphatic rings. The van der Waals surface area contributed by atoms with E-state index in [2.05, 4.69) is 45.2 Å². The lowest BCUT2D eigenvalue weighted by Crippen LogP contribution is -2.34. The van der Waals surface area contributed by atoms with E-state index in [1.54, 1.807) is 13.8 Å². The Hall–Kier alpha value is -2.45. The average Bonchev–Trinajstić information content (AvgIpc) is 3.26. The van der Waals surface area contributed by atoms with E-state index in [1.807, 2.05) is 4.90 Å². The van der Waals surface area contributed by atoms with E-state index < -0.39 is 5.24 Å². The van der Waals surface area contributed by atoms with E-state index in [9.17, 15) is 9.59 Å². The number of likely N-dealkylation sites (tertiary alicyclic amines) is 2. The molecule has 8 heteroatoms. The Bertz CT molecular complexity index is 931. The number of primary amides is 1. The second-order valence-corrected chi connectivity index (χ2v) is 9.52. The number of hydrogen-bond acceptors (Lipinski definition) is 6. The summed E-state index contributed by atoms with van der Waals surface area (Å²) < 4.78 is 0. The van der Waals surface area contributed by atoms with Gasteiger partial charge in [0.05, 0.1) is 17.0 Å². The Labute approximate surface area is 187 Å². The zero-order valence-corrected chi connectivity index (χ0v) is 18.9. The molecule has 2 saturated heterocycles. The van der Waals surface area contributed by atoms with Gasteiger partial charge in [0.1, 0.15) is 0 Å². The Morgan fingerprint density at radius 1 is 1.03 bits per heavy atom. The largest absolute Gasteiger partial charge is 0.360 e. The smallest absolute Gasteiger partial charge is 0.284 e. The fraction of sp³-hybridized carbons (Fsp3) is 0.478. The number of nitrogens with zero attached hydrogens (tertiary/aromatic N) is 4. The summed E-state index contributed by atoms with van der Waals surface area (Å²) in [5, 5.41) is -0.262. The van der Waals surface area contributed by atoms with Crippen LogP contribution in [-0.2, 0) is 6.42 Å². The normalized spacial score (nSPS) is 20.8. The molecular weight excluding hydrogens is 410 g/mol. The quantitative estimate of drug-likeness (QED) is 0.550. The number of aryl methyl sites for hydroxylation is 3. The minimum Gasteiger partial charge on any atom is -0.360 e. The van der Waals surface area contributed by atoms with Crippen molar-refractivity contribution in [1.82, 2.24) is 19.8 Å². The summed E-state index contributed by atoms with van der Waals surface area (Å²) in [6.07, 6.45) is 2.28. The predicted octanol–water partition coefficient (Wildman–Crippen LogP) is 2.90. The van der Waals surface area contributed by atoms with Gasteiger partial charge in [-0.1, -0.05) is 30.3 Å². The topological polar surface area (TPSA) is 92.4 Å². The molecule has 2 aliphatic heterocycles. The van der Waals surface area contributed by atoms with E-state index >= 15 is 0 Å². The molecule has 0 bridgehead atoms. The zero-order valence-electron chi connectivity index (χ0n) is 18.1. The van der Waals surface area contributed by atoms with Crippen LogP contribution in [0.1, 0.15) is 33.7 Å². The Balaban J connectivity index is 1.31. The number of thioether (sulfide) groups is 1. The molecule has 1 aromatic carbocycles. The van der Waals surface area contributed by atoms with Gasteiger partial charge in [0.25, 0.3) is 11.1 Å². The number of carbonyl (C=O) groups excluding carboxylic acids is 2. The summed E-state index contributed by atoms with van der Waals surface area (Å²) in [6.45, 7) is 8.39. The first kappa shape index (κ1) is 21.8.